The van der Waals surface area contributed by atoms with Crippen molar-refractivity contribution in [2.75, 3.05) is 0 Å². The van der Waals surface area contributed by atoms with Crippen LogP contribution in [0.4, 0.5) is 0 Å². The van der Waals surface area contributed by atoms with Crippen molar-refractivity contribution in [3.63, 3.8) is 0 Å². The average molecular weight is 327 g/mol. The normalized spacial score (nSPS) is 12.1. The molecule has 3 nitrogen and oxygen atoms in total. The predicted molar refractivity (Wildman–Crippen MR) is 90.2 cm³/mol. The van der Waals surface area contributed by atoms with E-state index >= 15 is 0 Å². The Morgan fingerprint density at radius 3 is 2.22 bits per heavy atom. The van der Waals surface area contributed by atoms with E-state index in [1.54, 1.807) is 0 Å². The van der Waals surface area contributed by atoms with Gasteiger partial charge in [0, 0.05) is 12.0 Å². The molecular formula is C19H15ClO3. The largest absolute Gasteiger partial charge is 0.507 e. The first-order valence-electron chi connectivity index (χ1n) is 7.20. The summed E-state index contributed by atoms with van der Waals surface area (Å²) in [6, 6.07) is 18.6. The third-order valence-electron chi connectivity index (χ3n) is 3.77. The number of halogens is 1. The number of hydrogen-bond donors (Lipinski definition) is 1. The molecule has 1 N–H and O–H groups in total. The second-order valence-electron chi connectivity index (χ2n) is 5.39. The minimum Gasteiger partial charge on any atom is -0.507 e. The fourth-order valence-corrected chi connectivity index (χ4v) is 2.83. The zero-order chi connectivity index (χ0) is 16.4. The van der Waals surface area contributed by atoms with Crippen LogP contribution in [0.2, 0.25) is 5.22 Å². The highest BCUT2D eigenvalue weighted by molar-refractivity contribution is 6.28. The van der Waals surface area contributed by atoms with Crippen LogP contribution in [0.25, 0.3) is 0 Å². The van der Waals surface area contributed by atoms with E-state index in [1.807, 2.05) is 61.5 Å². The summed E-state index contributed by atoms with van der Waals surface area (Å²) in [4.78, 5) is 12.3. The van der Waals surface area contributed by atoms with Crippen molar-refractivity contribution in [3.05, 3.63) is 98.6 Å². The smallest absolute Gasteiger partial charge is 0.345 e. The first-order valence-corrected chi connectivity index (χ1v) is 7.58. The number of aromatic hydroxyl groups is 1. The Bertz CT molecular complexity index is 867. The van der Waals surface area contributed by atoms with Crippen LogP contribution in [0.15, 0.2) is 69.9 Å². The third-order valence-corrected chi connectivity index (χ3v) is 3.95. The van der Waals surface area contributed by atoms with Crippen molar-refractivity contribution >= 4 is 11.6 Å². The lowest BCUT2D eigenvalue weighted by molar-refractivity contribution is 0.434. The highest BCUT2D eigenvalue weighted by atomic mass is 35.5. The number of benzene rings is 2. The molecule has 1 unspecified atom stereocenters. The van der Waals surface area contributed by atoms with E-state index in [4.69, 9.17) is 16.0 Å². The standard InChI is InChI=1S/C19H15ClO3/c1-12-7-9-14(10-8-12)17(13-5-3-2-4-6-13)18-15(21)11-16(20)23-19(18)22/h2-11,17,21H,1H3. The van der Waals surface area contributed by atoms with Gasteiger partial charge in [-0.05, 0) is 29.7 Å². The summed E-state index contributed by atoms with van der Waals surface area (Å²) in [6.45, 7) is 2.00. The van der Waals surface area contributed by atoms with Crippen molar-refractivity contribution in [1.82, 2.24) is 0 Å². The number of rotatable bonds is 3. The van der Waals surface area contributed by atoms with Crippen molar-refractivity contribution < 1.29 is 9.52 Å². The molecule has 23 heavy (non-hydrogen) atoms. The van der Waals surface area contributed by atoms with Gasteiger partial charge < -0.3 is 9.52 Å². The maximum Gasteiger partial charge on any atom is 0.345 e. The fraction of sp³-hybridized carbons (Fsp3) is 0.105. The molecule has 1 heterocycles. The quantitative estimate of drug-likeness (QED) is 0.771. The van der Waals surface area contributed by atoms with Crippen LogP contribution < -0.4 is 5.63 Å². The minimum atomic E-state index is -0.635. The van der Waals surface area contributed by atoms with E-state index in [9.17, 15) is 9.90 Å². The van der Waals surface area contributed by atoms with E-state index in [1.165, 1.54) is 6.07 Å². The van der Waals surface area contributed by atoms with Gasteiger partial charge in [-0.15, -0.1) is 0 Å². The minimum absolute atomic E-state index is 0.132. The molecule has 0 saturated carbocycles. The van der Waals surface area contributed by atoms with Crippen molar-refractivity contribution in [2.45, 2.75) is 12.8 Å². The van der Waals surface area contributed by atoms with Crippen LogP contribution in [0.3, 0.4) is 0 Å². The van der Waals surface area contributed by atoms with Crippen molar-refractivity contribution in [3.8, 4) is 5.75 Å². The van der Waals surface area contributed by atoms with Crippen LogP contribution in [0.1, 0.15) is 28.2 Å². The van der Waals surface area contributed by atoms with Gasteiger partial charge in [-0.2, -0.15) is 0 Å². The highest BCUT2D eigenvalue weighted by Gasteiger charge is 2.24. The van der Waals surface area contributed by atoms with Gasteiger partial charge in [0.2, 0.25) is 5.22 Å². The molecule has 0 aliphatic rings. The first-order chi connectivity index (χ1) is 11.1. The molecule has 2 aromatic carbocycles. The highest BCUT2D eigenvalue weighted by Crippen LogP contribution is 2.35. The molecule has 0 aliphatic carbocycles. The SMILES string of the molecule is Cc1ccc(C(c2ccccc2)c2c(O)cc(Cl)oc2=O)cc1. The summed E-state index contributed by atoms with van der Waals surface area (Å²) >= 11 is 5.71. The van der Waals surface area contributed by atoms with E-state index in [2.05, 4.69) is 0 Å². The summed E-state index contributed by atoms with van der Waals surface area (Å²) in [7, 11) is 0. The number of hydrogen-bond acceptors (Lipinski definition) is 3. The lowest BCUT2D eigenvalue weighted by Gasteiger charge is -2.18. The summed E-state index contributed by atoms with van der Waals surface area (Å²) < 4.78 is 4.99. The van der Waals surface area contributed by atoms with Gasteiger partial charge in [0.15, 0.2) is 0 Å². The van der Waals surface area contributed by atoms with Crippen molar-refractivity contribution in [2.24, 2.45) is 0 Å². The molecule has 3 rings (SSSR count). The molecule has 1 atom stereocenters. The average Bonchev–Trinajstić information content (AvgIpc) is 2.53. The van der Waals surface area contributed by atoms with Gasteiger partial charge in [0.05, 0.1) is 5.56 Å². The Morgan fingerprint density at radius 2 is 1.61 bits per heavy atom. The summed E-state index contributed by atoms with van der Waals surface area (Å²) in [5.41, 5.74) is 2.45. The molecular weight excluding hydrogens is 312 g/mol. The van der Waals surface area contributed by atoms with Gasteiger partial charge in [-0.3, -0.25) is 0 Å². The zero-order valence-corrected chi connectivity index (χ0v) is 13.2. The van der Waals surface area contributed by atoms with Crippen LogP contribution in [0, 0.1) is 6.92 Å². The second-order valence-corrected chi connectivity index (χ2v) is 5.76. The molecule has 0 aliphatic heterocycles. The fourth-order valence-electron chi connectivity index (χ4n) is 2.66. The van der Waals surface area contributed by atoms with Gasteiger partial charge in [0.25, 0.3) is 0 Å². The third kappa shape index (κ3) is 3.15. The zero-order valence-electron chi connectivity index (χ0n) is 12.5. The Hall–Kier alpha value is -2.52. The van der Waals surface area contributed by atoms with E-state index < -0.39 is 11.5 Å². The van der Waals surface area contributed by atoms with Crippen molar-refractivity contribution in [1.29, 1.82) is 0 Å². The van der Waals surface area contributed by atoms with E-state index in [0.717, 1.165) is 16.7 Å². The lowest BCUT2D eigenvalue weighted by Crippen LogP contribution is -2.15. The Balaban J connectivity index is 2.25. The molecule has 116 valence electrons. The Morgan fingerprint density at radius 1 is 1.00 bits per heavy atom. The van der Waals surface area contributed by atoms with Crippen LogP contribution in [-0.2, 0) is 0 Å². The maximum absolute atomic E-state index is 12.3. The molecule has 0 amide bonds. The van der Waals surface area contributed by atoms with E-state index in [0.29, 0.717) is 0 Å². The monoisotopic (exact) mass is 326 g/mol. The van der Waals surface area contributed by atoms with Crippen LogP contribution >= 0.6 is 11.6 Å². The van der Waals surface area contributed by atoms with Gasteiger partial charge in [-0.1, -0.05) is 60.2 Å². The van der Waals surface area contributed by atoms with Crippen LogP contribution in [-0.4, -0.2) is 5.11 Å². The molecule has 0 fully saturated rings. The topological polar surface area (TPSA) is 50.4 Å². The summed E-state index contributed by atoms with van der Waals surface area (Å²) in [5.74, 6) is -0.592. The molecule has 0 bridgehead atoms. The second kappa shape index (κ2) is 6.31. The number of aryl methyl sites for hydroxylation is 1. The van der Waals surface area contributed by atoms with Gasteiger partial charge in [-0.25, -0.2) is 4.79 Å². The van der Waals surface area contributed by atoms with Gasteiger partial charge >= 0.3 is 5.63 Å². The molecule has 3 aromatic rings. The Kier molecular flexibility index (Phi) is 4.22. The predicted octanol–water partition coefficient (Wildman–Crippen LogP) is 4.49. The van der Waals surface area contributed by atoms with E-state index in [-0.39, 0.29) is 16.5 Å². The molecule has 0 radical (unpaired) electrons. The van der Waals surface area contributed by atoms with Crippen LogP contribution in [0.5, 0.6) is 5.75 Å². The Labute approximate surface area is 138 Å². The molecule has 1 aromatic heterocycles. The lowest BCUT2D eigenvalue weighted by atomic mass is 9.85. The molecule has 0 spiro atoms. The maximum atomic E-state index is 12.3. The molecule has 4 heteroatoms. The summed E-state index contributed by atoms with van der Waals surface area (Å²) in [5, 5.41) is 10.1. The molecule has 0 saturated heterocycles. The summed E-state index contributed by atoms with van der Waals surface area (Å²) in [6.07, 6.45) is 0. The van der Waals surface area contributed by atoms with Gasteiger partial charge in [0.1, 0.15) is 5.75 Å². The first kappa shape index (κ1) is 15.4.